The van der Waals surface area contributed by atoms with Crippen molar-refractivity contribution in [1.29, 1.82) is 0 Å². The van der Waals surface area contributed by atoms with Gasteiger partial charge in [-0.2, -0.15) is 0 Å². The van der Waals surface area contributed by atoms with Crippen molar-refractivity contribution in [3.8, 4) is 0 Å². The monoisotopic (exact) mass is 524 g/mol. The second-order valence-electron chi connectivity index (χ2n) is 11.3. The summed E-state index contributed by atoms with van der Waals surface area (Å²) in [6, 6.07) is 26.4. The van der Waals surface area contributed by atoms with Crippen LogP contribution < -0.4 is 5.32 Å². The Bertz CT molecular complexity index is 1200. The van der Waals surface area contributed by atoms with E-state index in [-0.39, 0.29) is 0 Å². The number of piperidine rings is 2. The molecule has 3 aromatic carbocycles. The van der Waals surface area contributed by atoms with Crippen molar-refractivity contribution in [2.45, 2.75) is 58.9 Å². The molecule has 3 aromatic rings. The van der Waals surface area contributed by atoms with E-state index in [2.05, 4.69) is 40.5 Å². The maximum atomic E-state index is 12.6. The molecule has 4 nitrogen and oxygen atoms in total. The van der Waals surface area contributed by atoms with Crippen LogP contribution in [0.1, 0.15) is 75.9 Å². The number of nitrogens with zero attached hydrogens (tertiary/aromatic N) is 1. The van der Waals surface area contributed by atoms with Crippen molar-refractivity contribution >= 4 is 11.6 Å². The molecule has 0 saturated carbocycles. The highest BCUT2D eigenvalue weighted by molar-refractivity contribution is 5.98. The lowest BCUT2D eigenvalue weighted by Gasteiger charge is -2.32. The van der Waals surface area contributed by atoms with Crippen LogP contribution in [0.4, 0.5) is 0 Å². The van der Waals surface area contributed by atoms with Gasteiger partial charge in [0, 0.05) is 37.1 Å². The van der Waals surface area contributed by atoms with E-state index in [9.17, 15) is 9.59 Å². The van der Waals surface area contributed by atoms with E-state index in [1.165, 1.54) is 31.2 Å². The van der Waals surface area contributed by atoms with E-state index in [1.807, 2.05) is 62.4 Å². The second kappa shape index (κ2) is 14.9. The third-order valence-electron chi connectivity index (χ3n) is 8.09. The molecule has 0 bridgehead atoms. The standard InChI is InChI=1S/C21H25NO.C14H19NO/c1-17-8-5-6-12-20(17)21(23)14-19-11-7-13-22(16-19)15-18-9-3-2-4-10-18;1-11-5-2-3-7-13(11)14(16)9-12-6-4-8-15-10-12/h2-6,8-10,12,19H,7,11,13-16H2,1H3;2-3,5,7,12,15H,4,6,8-10H2,1H3/t19-;12-/m00/s1. The molecular formula is C35H44N2O2. The number of hydrogen-bond donors (Lipinski definition) is 1. The van der Waals surface area contributed by atoms with Crippen LogP contribution in [-0.4, -0.2) is 42.6 Å². The number of Topliss-reactive ketones (excluding diaryl/α,β-unsaturated/α-hetero) is 2. The first-order valence-corrected chi connectivity index (χ1v) is 14.6. The summed E-state index contributed by atoms with van der Waals surface area (Å²) in [7, 11) is 0. The quantitative estimate of drug-likeness (QED) is 0.321. The van der Waals surface area contributed by atoms with Crippen molar-refractivity contribution in [1.82, 2.24) is 10.2 Å². The molecule has 2 aliphatic rings. The van der Waals surface area contributed by atoms with Crippen LogP contribution in [0.5, 0.6) is 0 Å². The maximum Gasteiger partial charge on any atom is 0.163 e. The molecule has 206 valence electrons. The van der Waals surface area contributed by atoms with E-state index in [0.717, 1.165) is 55.0 Å². The number of likely N-dealkylation sites (tertiary alicyclic amines) is 1. The summed E-state index contributed by atoms with van der Waals surface area (Å²) >= 11 is 0. The van der Waals surface area contributed by atoms with Gasteiger partial charge in [0.25, 0.3) is 0 Å². The van der Waals surface area contributed by atoms with Crippen molar-refractivity contribution < 1.29 is 9.59 Å². The van der Waals surface area contributed by atoms with Gasteiger partial charge >= 0.3 is 0 Å². The first-order chi connectivity index (χ1) is 19.0. The normalized spacial score (nSPS) is 19.5. The Labute approximate surface area is 234 Å². The van der Waals surface area contributed by atoms with Crippen molar-refractivity contribution in [2.75, 3.05) is 26.2 Å². The van der Waals surface area contributed by atoms with Crippen LogP contribution in [0, 0.1) is 25.7 Å². The summed E-state index contributed by atoms with van der Waals surface area (Å²) in [6.45, 7) is 9.31. The average Bonchev–Trinajstić information content (AvgIpc) is 2.95. The molecule has 0 spiro atoms. The van der Waals surface area contributed by atoms with Crippen LogP contribution in [-0.2, 0) is 6.54 Å². The number of carbonyl (C=O) groups is 2. The Hall–Kier alpha value is -3.08. The van der Waals surface area contributed by atoms with E-state index in [0.29, 0.717) is 36.2 Å². The number of hydrogen-bond acceptors (Lipinski definition) is 4. The second-order valence-corrected chi connectivity index (χ2v) is 11.3. The largest absolute Gasteiger partial charge is 0.316 e. The Balaban J connectivity index is 0.000000193. The fourth-order valence-corrected chi connectivity index (χ4v) is 5.92. The Morgan fingerprint density at radius 2 is 1.31 bits per heavy atom. The highest BCUT2D eigenvalue weighted by Crippen LogP contribution is 2.24. The minimum Gasteiger partial charge on any atom is -0.316 e. The fourth-order valence-electron chi connectivity index (χ4n) is 5.92. The summed E-state index contributed by atoms with van der Waals surface area (Å²) in [5, 5.41) is 3.35. The number of benzene rings is 3. The molecule has 0 amide bonds. The molecule has 0 aromatic heterocycles. The molecule has 2 saturated heterocycles. The van der Waals surface area contributed by atoms with E-state index in [4.69, 9.17) is 0 Å². The molecule has 39 heavy (non-hydrogen) atoms. The zero-order chi connectivity index (χ0) is 27.5. The zero-order valence-electron chi connectivity index (χ0n) is 23.7. The van der Waals surface area contributed by atoms with E-state index >= 15 is 0 Å². The minimum atomic E-state index is 0.298. The van der Waals surface area contributed by atoms with Crippen LogP contribution in [0.3, 0.4) is 0 Å². The van der Waals surface area contributed by atoms with Gasteiger partial charge in [0.2, 0.25) is 0 Å². The molecule has 1 N–H and O–H groups in total. The summed E-state index contributed by atoms with van der Waals surface area (Å²) in [4.78, 5) is 27.2. The van der Waals surface area contributed by atoms with Gasteiger partial charge in [-0.15, -0.1) is 0 Å². The fraction of sp³-hybridized carbons (Fsp3) is 0.429. The van der Waals surface area contributed by atoms with Crippen LogP contribution in [0.25, 0.3) is 0 Å². The highest BCUT2D eigenvalue weighted by Gasteiger charge is 2.23. The molecule has 2 atom stereocenters. The van der Waals surface area contributed by atoms with Gasteiger partial charge in [-0.3, -0.25) is 14.5 Å². The first-order valence-electron chi connectivity index (χ1n) is 14.6. The van der Waals surface area contributed by atoms with Gasteiger partial charge in [0.05, 0.1) is 0 Å². The van der Waals surface area contributed by atoms with Crippen LogP contribution in [0.15, 0.2) is 78.9 Å². The molecule has 0 radical (unpaired) electrons. The van der Waals surface area contributed by atoms with Crippen LogP contribution >= 0.6 is 0 Å². The lowest BCUT2D eigenvalue weighted by Crippen LogP contribution is -2.35. The van der Waals surface area contributed by atoms with Crippen molar-refractivity contribution in [3.05, 3.63) is 107 Å². The number of rotatable bonds is 8. The lowest BCUT2D eigenvalue weighted by atomic mass is 9.89. The summed E-state index contributed by atoms with van der Waals surface area (Å²) < 4.78 is 0. The molecule has 2 fully saturated rings. The smallest absolute Gasteiger partial charge is 0.163 e. The minimum absolute atomic E-state index is 0.298. The van der Waals surface area contributed by atoms with Crippen LogP contribution in [0.2, 0.25) is 0 Å². The van der Waals surface area contributed by atoms with Gasteiger partial charge in [0.1, 0.15) is 0 Å². The lowest BCUT2D eigenvalue weighted by molar-refractivity contribution is 0.0910. The number of ketones is 2. The molecule has 2 aliphatic heterocycles. The van der Waals surface area contributed by atoms with Gasteiger partial charge in [0.15, 0.2) is 11.6 Å². The Morgan fingerprint density at radius 3 is 1.90 bits per heavy atom. The van der Waals surface area contributed by atoms with Crippen molar-refractivity contribution in [2.24, 2.45) is 11.8 Å². The molecule has 0 unspecified atom stereocenters. The Morgan fingerprint density at radius 1 is 0.744 bits per heavy atom. The number of carbonyl (C=O) groups excluding carboxylic acids is 2. The highest BCUT2D eigenvalue weighted by atomic mass is 16.1. The predicted molar refractivity (Wildman–Crippen MR) is 160 cm³/mol. The number of aryl methyl sites for hydroxylation is 2. The van der Waals surface area contributed by atoms with Gasteiger partial charge in [-0.25, -0.2) is 0 Å². The summed E-state index contributed by atoms with van der Waals surface area (Å²) in [5.74, 6) is 1.61. The molecular weight excluding hydrogens is 480 g/mol. The third-order valence-corrected chi connectivity index (χ3v) is 8.09. The summed E-state index contributed by atoms with van der Waals surface area (Å²) in [5.41, 5.74) is 5.34. The molecule has 0 aliphatic carbocycles. The van der Waals surface area contributed by atoms with Crippen molar-refractivity contribution in [3.63, 3.8) is 0 Å². The number of nitrogens with one attached hydrogen (secondary N) is 1. The first kappa shape index (κ1) is 28.9. The summed E-state index contributed by atoms with van der Waals surface area (Å²) in [6.07, 6.45) is 6.12. The predicted octanol–water partition coefficient (Wildman–Crippen LogP) is 7.05. The molecule has 2 heterocycles. The average molecular weight is 525 g/mol. The Kier molecular flexibility index (Phi) is 11.1. The third kappa shape index (κ3) is 8.98. The van der Waals surface area contributed by atoms with Gasteiger partial charge in [-0.05, 0) is 87.7 Å². The zero-order valence-corrected chi connectivity index (χ0v) is 23.7. The topological polar surface area (TPSA) is 49.4 Å². The van der Waals surface area contributed by atoms with Gasteiger partial charge < -0.3 is 5.32 Å². The molecule has 5 rings (SSSR count). The van der Waals surface area contributed by atoms with E-state index < -0.39 is 0 Å². The van der Waals surface area contributed by atoms with Gasteiger partial charge in [-0.1, -0.05) is 78.9 Å². The molecule has 4 heteroatoms. The SMILES string of the molecule is Cc1ccccc1C(=O)C[C@@H]1CCCN(Cc2ccccc2)C1.Cc1ccccc1C(=O)C[C@@H]1CCCNC1. The van der Waals surface area contributed by atoms with E-state index in [1.54, 1.807) is 0 Å². The maximum absolute atomic E-state index is 12.6.